The molecule has 0 fully saturated rings. The number of amides is 2. The van der Waals surface area contributed by atoms with Crippen molar-refractivity contribution in [3.05, 3.63) is 35.6 Å². The van der Waals surface area contributed by atoms with Crippen molar-refractivity contribution in [1.29, 1.82) is 0 Å². The molecule has 0 aromatic heterocycles. The van der Waals surface area contributed by atoms with Crippen molar-refractivity contribution < 1.29 is 14.0 Å². The summed E-state index contributed by atoms with van der Waals surface area (Å²) in [6, 6.07) is 4.73. The van der Waals surface area contributed by atoms with Crippen molar-refractivity contribution in [2.75, 3.05) is 25.1 Å². The van der Waals surface area contributed by atoms with Gasteiger partial charge in [0.1, 0.15) is 5.82 Å². The standard InChI is InChI=1S/C14H20FN3O2S/c1-21-9-6-12(16)14(20)18-8-7-17-13(19)10-2-4-11(15)5-3-10/h2-5,12H,6-9,16H2,1H3,(H,17,19)(H,18,20)/t12-/m0/s1. The first-order chi connectivity index (χ1) is 10.0. The van der Waals surface area contributed by atoms with Crippen LogP contribution in [0.4, 0.5) is 4.39 Å². The number of halogens is 1. The van der Waals surface area contributed by atoms with Crippen LogP contribution in [0, 0.1) is 5.82 Å². The summed E-state index contributed by atoms with van der Waals surface area (Å²) in [6.07, 6.45) is 2.57. The predicted molar refractivity (Wildman–Crippen MR) is 82.7 cm³/mol. The molecule has 0 bridgehead atoms. The van der Waals surface area contributed by atoms with Gasteiger partial charge in [0, 0.05) is 18.7 Å². The summed E-state index contributed by atoms with van der Waals surface area (Å²) in [5.74, 6) is -0.0929. The molecule has 5 nitrogen and oxygen atoms in total. The molecule has 1 atom stereocenters. The molecule has 1 aromatic rings. The maximum Gasteiger partial charge on any atom is 0.251 e. The predicted octanol–water partition coefficient (Wildman–Crippen LogP) is 0.752. The van der Waals surface area contributed by atoms with Gasteiger partial charge < -0.3 is 16.4 Å². The second-order valence-corrected chi connectivity index (χ2v) is 5.43. The highest BCUT2D eigenvalue weighted by atomic mass is 32.2. The lowest BCUT2D eigenvalue weighted by Crippen LogP contribution is -2.43. The number of carbonyl (C=O) groups is 2. The number of hydrogen-bond donors (Lipinski definition) is 3. The summed E-state index contributed by atoms with van der Waals surface area (Å²) in [7, 11) is 0. The first-order valence-corrected chi connectivity index (χ1v) is 8.00. The van der Waals surface area contributed by atoms with Crippen LogP contribution < -0.4 is 16.4 Å². The fourth-order valence-corrected chi connectivity index (χ4v) is 2.06. The Bertz CT molecular complexity index is 468. The zero-order chi connectivity index (χ0) is 15.7. The lowest BCUT2D eigenvalue weighted by atomic mass is 10.2. The van der Waals surface area contributed by atoms with Gasteiger partial charge in [-0.05, 0) is 42.7 Å². The summed E-state index contributed by atoms with van der Waals surface area (Å²) in [4.78, 5) is 23.3. The number of carbonyl (C=O) groups excluding carboxylic acids is 2. The topological polar surface area (TPSA) is 84.2 Å². The highest BCUT2D eigenvalue weighted by Crippen LogP contribution is 2.02. The van der Waals surface area contributed by atoms with Crippen LogP contribution in [0.15, 0.2) is 24.3 Å². The molecule has 2 amide bonds. The van der Waals surface area contributed by atoms with Crippen molar-refractivity contribution in [2.45, 2.75) is 12.5 Å². The minimum absolute atomic E-state index is 0.222. The van der Waals surface area contributed by atoms with E-state index in [-0.39, 0.29) is 18.4 Å². The average molecular weight is 313 g/mol. The van der Waals surface area contributed by atoms with Crippen molar-refractivity contribution in [2.24, 2.45) is 5.73 Å². The molecule has 116 valence electrons. The molecule has 0 heterocycles. The molecular formula is C14H20FN3O2S. The van der Waals surface area contributed by atoms with Crippen molar-refractivity contribution in [3.63, 3.8) is 0 Å². The van der Waals surface area contributed by atoms with Crippen LogP contribution in [0.3, 0.4) is 0 Å². The SMILES string of the molecule is CSCC[C@H](N)C(=O)NCCNC(=O)c1ccc(F)cc1. The highest BCUT2D eigenvalue weighted by molar-refractivity contribution is 7.98. The molecule has 0 unspecified atom stereocenters. The van der Waals surface area contributed by atoms with E-state index >= 15 is 0 Å². The fraction of sp³-hybridized carbons (Fsp3) is 0.429. The van der Waals surface area contributed by atoms with E-state index in [0.29, 0.717) is 18.5 Å². The number of benzene rings is 1. The average Bonchev–Trinajstić information content (AvgIpc) is 2.49. The lowest BCUT2D eigenvalue weighted by molar-refractivity contribution is -0.122. The number of thioether (sulfide) groups is 1. The quantitative estimate of drug-likeness (QED) is 0.619. The number of hydrogen-bond acceptors (Lipinski definition) is 4. The van der Waals surface area contributed by atoms with Gasteiger partial charge >= 0.3 is 0 Å². The van der Waals surface area contributed by atoms with Crippen molar-refractivity contribution >= 4 is 23.6 Å². The Morgan fingerprint density at radius 1 is 1.24 bits per heavy atom. The molecule has 0 aliphatic rings. The lowest BCUT2D eigenvalue weighted by Gasteiger charge is -2.12. The third-order valence-electron chi connectivity index (χ3n) is 2.79. The van der Waals surface area contributed by atoms with E-state index < -0.39 is 11.9 Å². The Morgan fingerprint density at radius 2 is 1.86 bits per heavy atom. The fourth-order valence-electron chi connectivity index (χ4n) is 1.57. The molecule has 4 N–H and O–H groups in total. The van der Waals surface area contributed by atoms with Gasteiger partial charge in [-0.25, -0.2) is 4.39 Å². The zero-order valence-corrected chi connectivity index (χ0v) is 12.7. The highest BCUT2D eigenvalue weighted by Gasteiger charge is 2.12. The van der Waals surface area contributed by atoms with E-state index in [1.165, 1.54) is 24.3 Å². The first-order valence-electron chi connectivity index (χ1n) is 6.60. The van der Waals surface area contributed by atoms with E-state index in [1.807, 2.05) is 6.26 Å². The van der Waals surface area contributed by atoms with Gasteiger partial charge in [-0.15, -0.1) is 0 Å². The van der Waals surface area contributed by atoms with Crippen molar-refractivity contribution in [3.8, 4) is 0 Å². The molecule has 0 aliphatic carbocycles. The summed E-state index contributed by atoms with van der Waals surface area (Å²) >= 11 is 1.63. The van der Waals surface area contributed by atoms with Gasteiger partial charge in [0.2, 0.25) is 5.91 Å². The van der Waals surface area contributed by atoms with Crippen LogP contribution in [-0.4, -0.2) is 43.0 Å². The Kier molecular flexibility index (Phi) is 7.78. The van der Waals surface area contributed by atoms with Crippen LogP contribution >= 0.6 is 11.8 Å². The van der Waals surface area contributed by atoms with Gasteiger partial charge in [0.25, 0.3) is 5.91 Å². The van der Waals surface area contributed by atoms with Gasteiger partial charge in [-0.2, -0.15) is 11.8 Å². The number of nitrogens with two attached hydrogens (primary N) is 1. The smallest absolute Gasteiger partial charge is 0.251 e. The largest absolute Gasteiger partial charge is 0.353 e. The van der Waals surface area contributed by atoms with Crippen LogP contribution in [0.1, 0.15) is 16.8 Å². The molecular weight excluding hydrogens is 293 g/mol. The molecule has 1 aromatic carbocycles. The zero-order valence-electron chi connectivity index (χ0n) is 11.9. The van der Waals surface area contributed by atoms with E-state index in [4.69, 9.17) is 5.73 Å². The maximum atomic E-state index is 12.7. The Labute approximate surface area is 127 Å². The summed E-state index contributed by atoms with van der Waals surface area (Å²) < 4.78 is 12.7. The first kappa shape index (κ1) is 17.5. The molecule has 7 heteroatoms. The molecule has 0 radical (unpaired) electrons. The Balaban J connectivity index is 2.23. The van der Waals surface area contributed by atoms with E-state index in [2.05, 4.69) is 10.6 Å². The molecule has 21 heavy (non-hydrogen) atoms. The Morgan fingerprint density at radius 3 is 2.48 bits per heavy atom. The van der Waals surface area contributed by atoms with Crippen LogP contribution in [0.25, 0.3) is 0 Å². The molecule has 0 aliphatic heterocycles. The third kappa shape index (κ3) is 6.59. The van der Waals surface area contributed by atoms with Crippen LogP contribution in [-0.2, 0) is 4.79 Å². The van der Waals surface area contributed by atoms with E-state index in [9.17, 15) is 14.0 Å². The third-order valence-corrected chi connectivity index (χ3v) is 3.43. The Hall–Kier alpha value is -1.60. The minimum Gasteiger partial charge on any atom is -0.353 e. The van der Waals surface area contributed by atoms with Crippen molar-refractivity contribution in [1.82, 2.24) is 10.6 Å². The minimum atomic E-state index is -0.523. The second kappa shape index (κ2) is 9.36. The monoisotopic (exact) mass is 313 g/mol. The van der Waals surface area contributed by atoms with Gasteiger partial charge in [0.15, 0.2) is 0 Å². The van der Waals surface area contributed by atoms with Crippen LogP contribution in [0.2, 0.25) is 0 Å². The van der Waals surface area contributed by atoms with E-state index in [1.54, 1.807) is 11.8 Å². The van der Waals surface area contributed by atoms with Gasteiger partial charge in [-0.3, -0.25) is 9.59 Å². The van der Waals surface area contributed by atoms with Gasteiger partial charge in [-0.1, -0.05) is 0 Å². The van der Waals surface area contributed by atoms with Gasteiger partial charge in [0.05, 0.1) is 6.04 Å². The number of rotatable bonds is 8. The number of nitrogens with one attached hydrogen (secondary N) is 2. The maximum absolute atomic E-state index is 12.7. The van der Waals surface area contributed by atoms with Crippen LogP contribution in [0.5, 0.6) is 0 Å². The molecule has 1 rings (SSSR count). The molecule has 0 saturated heterocycles. The summed E-state index contributed by atoms with van der Waals surface area (Å²) in [5.41, 5.74) is 6.08. The normalized spacial score (nSPS) is 11.8. The molecule has 0 spiro atoms. The summed E-state index contributed by atoms with van der Waals surface area (Å²) in [5, 5.41) is 5.29. The van der Waals surface area contributed by atoms with E-state index in [0.717, 1.165) is 5.75 Å². The summed E-state index contributed by atoms with van der Waals surface area (Å²) in [6.45, 7) is 0.593. The molecule has 0 saturated carbocycles. The second-order valence-electron chi connectivity index (χ2n) is 4.44.